The Hall–Kier alpha value is -0.880. The summed E-state index contributed by atoms with van der Waals surface area (Å²) < 4.78 is 6.72. The van der Waals surface area contributed by atoms with Crippen LogP contribution in [0.2, 0.25) is 0 Å². The number of hydrogen-bond acceptors (Lipinski definition) is 5. The fourth-order valence-electron chi connectivity index (χ4n) is 2.21. The third-order valence-corrected chi connectivity index (χ3v) is 3.17. The van der Waals surface area contributed by atoms with Gasteiger partial charge in [-0.25, -0.2) is 4.98 Å². The van der Waals surface area contributed by atoms with Crippen LogP contribution in [0.4, 0.5) is 11.8 Å². The van der Waals surface area contributed by atoms with Crippen LogP contribution in [0.1, 0.15) is 20.8 Å². The average molecular weight is 301 g/mol. The van der Waals surface area contributed by atoms with E-state index in [0.29, 0.717) is 5.95 Å². The Morgan fingerprint density at radius 1 is 1.59 bits per heavy atom. The Bertz CT molecular complexity index is 424. The number of hydrogen-bond donors (Lipinski definition) is 1. The predicted octanol–water partition coefficient (Wildman–Crippen LogP) is 1.82. The van der Waals surface area contributed by atoms with E-state index in [9.17, 15) is 0 Å². The van der Waals surface area contributed by atoms with Gasteiger partial charge in [-0.05, 0) is 36.7 Å². The van der Waals surface area contributed by atoms with E-state index in [1.54, 1.807) is 6.20 Å². The molecule has 17 heavy (non-hydrogen) atoms. The maximum Gasteiger partial charge on any atom is 0.222 e. The molecule has 0 amide bonds. The molecule has 0 spiro atoms. The highest BCUT2D eigenvalue weighted by Crippen LogP contribution is 2.29. The van der Waals surface area contributed by atoms with E-state index in [2.05, 4.69) is 51.6 Å². The van der Waals surface area contributed by atoms with Crippen LogP contribution < -0.4 is 10.6 Å². The van der Waals surface area contributed by atoms with Gasteiger partial charge in [0.05, 0.1) is 16.2 Å². The molecular formula is C11H17BrN4O. The molecule has 1 atom stereocenters. The molecule has 1 aliphatic heterocycles. The molecule has 0 saturated carbocycles. The number of halogens is 1. The summed E-state index contributed by atoms with van der Waals surface area (Å²) in [6.07, 6.45) is 1.85. The Balaban J connectivity index is 2.30. The molecule has 1 aliphatic rings. The molecular weight excluding hydrogens is 284 g/mol. The number of nitrogens with zero attached hydrogens (tertiary/aromatic N) is 3. The van der Waals surface area contributed by atoms with E-state index < -0.39 is 0 Å². The lowest BCUT2D eigenvalue weighted by Gasteiger charge is -2.42. The molecule has 0 aliphatic carbocycles. The van der Waals surface area contributed by atoms with Crippen molar-refractivity contribution < 1.29 is 4.74 Å². The van der Waals surface area contributed by atoms with Crippen LogP contribution in [0.25, 0.3) is 0 Å². The quantitative estimate of drug-likeness (QED) is 0.857. The van der Waals surface area contributed by atoms with Gasteiger partial charge in [0.2, 0.25) is 5.95 Å². The second kappa shape index (κ2) is 4.42. The molecule has 2 N–H and O–H groups in total. The van der Waals surface area contributed by atoms with Gasteiger partial charge in [-0.15, -0.1) is 0 Å². The van der Waals surface area contributed by atoms with E-state index >= 15 is 0 Å². The number of rotatable bonds is 1. The van der Waals surface area contributed by atoms with Gasteiger partial charge < -0.3 is 15.4 Å². The van der Waals surface area contributed by atoms with Crippen molar-refractivity contribution >= 4 is 27.7 Å². The van der Waals surface area contributed by atoms with Crippen molar-refractivity contribution in [3.63, 3.8) is 0 Å². The van der Waals surface area contributed by atoms with Crippen molar-refractivity contribution in [1.29, 1.82) is 0 Å². The molecule has 0 bridgehead atoms. The second-order valence-electron chi connectivity index (χ2n) is 4.97. The van der Waals surface area contributed by atoms with Crippen LogP contribution in [0, 0.1) is 0 Å². The molecule has 94 valence electrons. The molecule has 1 unspecified atom stereocenters. The van der Waals surface area contributed by atoms with Crippen LogP contribution in [-0.2, 0) is 4.74 Å². The van der Waals surface area contributed by atoms with Crippen molar-refractivity contribution in [2.75, 3.05) is 23.7 Å². The number of anilines is 2. The van der Waals surface area contributed by atoms with Crippen LogP contribution in [-0.4, -0.2) is 34.8 Å². The fraction of sp³-hybridized carbons (Fsp3) is 0.636. The van der Waals surface area contributed by atoms with E-state index in [1.807, 2.05) is 0 Å². The number of morpholine rings is 1. The lowest BCUT2D eigenvalue weighted by atomic mass is 10.1. The highest BCUT2D eigenvalue weighted by Gasteiger charge is 2.32. The fourth-order valence-corrected chi connectivity index (χ4v) is 2.65. The van der Waals surface area contributed by atoms with Gasteiger partial charge in [-0.3, -0.25) is 0 Å². The van der Waals surface area contributed by atoms with Gasteiger partial charge in [0.25, 0.3) is 0 Å². The van der Waals surface area contributed by atoms with Gasteiger partial charge in [0.1, 0.15) is 5.82 Å². The Morgan fingerprint density at radius 3 is 2.94 bits per heavy atom. The summed E-state index contributed by atoms with van der Waals surface area (Å²) in [5.74, 6) is 1.13. The van der Waals surface area contributed by atoms with Crippen molar-refractivity contribution in [3.8, 4) is 0 Å². The summed E-state index contributed by atoms with van der Waals surface area (Å²) >= 11 is 3.46. The van der Waals surface area contributed by atoms with Crippen molar-refractivity contribution in [2.24, 2.45) is 0 Å². The van der Waals surface area contributed by atoms with Crippen LogP contribution in [0.15, 0.2) is 10.7 Å². The zero-order chi connectivity index (χ0) is 12.6. The Morgan fingerprint density at radius 2 is 2.29 bits per heavy atom. The zero-order valence-electron chi connectivity index (χ0n) is 10.3. The summed E-state index contributed by atoms with van der Waals surface area (Å²) in [5.41, 5.74) is 5.45. The van der Waals surface area contributed by atoms with Crippen molar-refractivity contribution in [2.45, 2.75) is 32.5 Å². The van der Waals surface area contributed by atoms with Crippen LogP contribution in [0.5, 0.6) is 0 Å². The van der Waals surface area contributed by atoms with E-state index in [1.165, 1.54) is 0 Å². The van der Waals surface area contributed by atoms with E-state index in [-0.39, 0.29) is 11.7 Å². The highest BCUT2D eigenvalue weighted by molar-refractivity contribution is 9.10. The topological polar surface area (TPSA) is 64.3 Å². The van der Waals surface area contributed by atoms with E-state index in [0.717, 1.165) is 23.4 Å². The summed E-state index contributed by atoms with van der Waals surface area (Å²) in [7, 11) is 0. The molecule has 0 radical (unpaired) electrons. The maximum atomic E-state index is 5.86. The first-order valence-electron chi connectivity index (χ1n) is 5.58. The molecule has 2 rings (SSSR count). The minimum atomic E-state index is -0.184. The normalized spacial score (nSPS) is 23.8. The highest BCUT2D eigenvalue weighted by atomic mass is 79.9. The van der Waals surface area contributed by atoms with E-state index in [4.69, 9.17) is 10.5 Å². The van der Waals surface area contributed by atoms with Gasteiger partial charge in [0, 0.05) is 19.3 Å². The number of nitrogens with two attached hydrogens (primary N) is 1. The van der Waals surface area contributed by atoms with Gasteiger partial charge in [0.15, 0.2) is 0 Å². The molecule has 1 aromatic heterocycles. The number of ether oxygens (including phenoxy) is 1. The van der Waals surface area contributed by atoms with Crippen molar-refractivity contribution in [3.05, 3.63) is 10.7 Å². The second-order valence-corrected chi connectivity index (χ2v) is 5.82. The third-order valence-electron chi connectivity index (χ3n) is 2.61. The minimum absolute atomic E-state index is 0.168. The SMILES string of the molecule is CC1CN(c2nc(N)ncc2Br)CC(C)(C)O1. The molecule has 1 aromatic rings. The summed E-state index contributed by atoms with van der Waals surface area (Å²) in [5, 5.41) is 0. The monoisotopic (exact) mass is 300 g/mol. The maximum absolute atomic E-state index is 5.86. The summed E-state index contributed by atoms with van der Waals surface area (Å²) in [6.45, 7) is 7.81. The predicted molar refractivity (Wildman–Crippen MR) is 71.0 cm³/mol. The number of nitrogen functional groups attached to an aromatic ring is 1. The van der Waals surface area contributed by atoms with Crippen LogP contribution in [0.3, 0.4) is 0 Å². The number of aromatic nitrogens is 2. The molecule has 0 aromatic carbocycles. The lowest BCUT2D eigenvalue weighted by molar-refractivity contribution is -0.0752. The van der Waals surface area contributed by atoms with Gasteiger partial charge >= 0.3 is 0 Å². The first kappa shape index (κ1) is 12.6. The Kier molecular flexibility index (Phi) is 3.27. The summed E-state index contributed by atoms with van der Waals surface area (Å²) in [4.78, 5) is 10.4. The summed E-state index contributed by atoms with van der Waals surface area (Å²) in [6, 6.07) is 0. The van der Waals surface area contributed by atoms with Gasteiger partial charge in [-0.1, -0.05) is 0 Å². The smallest absolute Gasteiger partial charge is 0.222 e. The average Bonchev–Trinajstić information content (AvgIpc) is 2.18. The molecule has 1 fully saturated rings. The largest absolute Gasteiger partial charge is 0.369 e. The first-order chi connectivity index (χ1) is 7.87. The molecule has 5 nitrogen and oxygen atoms in total. The standard InChI is InChI=1S/C11H17BrN4O/c1-7-5-16(6-11(2,3)17-7)9-8(12)4-14-10(13)15-9/h4,7H,5-6H2,1-3H3,(H2,13,14,15). The lowest BCUT2D eigenvalue weighted by Crippen LogP contribution is -2.52. The zero-order valence-corrected chi connectivity index (χ0v) is 11.9. The Labute approximate surface area is 110 Å². The molecule has 2 heterocycles. The minimum Gasteiger partial charge on any atom is -0.369 e. The van der Waals surface area contributed by atoms with Crippen molar-refractivity contribution in [1.82, 2.24) is 9.97 Å². The first-order valence-corrected chi connectivity index (χ1v) is 6.37. The molecule has 6 heteroatoms. The molecule has 1 saturated heterocycles. The third kappa shape index (κ3) is 2.87. The van der Waals surface area contributed by atoms with Crippen LogP contribution >= 0.6 is 15.9 Å². The van der Waals surface area contributed by atoms with Gasteiger partial charge in [-0.2, -0.15) is 4.98 Å².